The first-order valence-corrected chi connectivity index (χ1v) is 25.0. The van der Waals surface area contributed by atoms with Crippen molar-refractivity contribution < 1.29 is 48.4 Å². The van der Waals surface area contributed by atoms with E-state index in [1.807, 2.05) is 89.8 Å². The molecule has 76 heavy (non-hydrogen) atoms. The molecule has 2 saturated heterocycles. The molecule has 0 saturated carbocycles. The highest BCUT2D eigenvalue weighted by Crippen LogP contribution is 2.66. The molecule has 6 aromatic carbocycles. The molecule has 17 nitrogen and oxygen atoms in total. The van der Waals surface area contributed by atoms with Crippen LogP contribution in [0.25, 0.3) is 11.0 Å². The van der Waals surface area contributed by atoms with E-state index in [9.17, 15) is 15.0 Å². The summed E-state index contributed by atoms with van der Waals surface area (Å²) in [6.45, 7) is 2.85. The van der Waals surface area contributed by atoms with Crippen LogP contribution >= 0.6 is 0 Å². The van der Waals surface area contributed by atoms with Crippen LogP contribution in [-0.2, 0) is 40.6 Å². The van der Waals surface area contributed by atoms with E-state index in [-0.39, 0.29) is 37.6 Å². The zero-order chi connectivity index (χ0) is 53.1. The molecule has 4 amide bonds. The maximum Gasteiger partial charge on any atom is 0.329 e. The molecule has 4 heterocycles. The van der Waals surface area contributed by atoms with E-state index >= 15 is 19.2 Å². The average Bonchev–Trinajstić information content (AvgIpc) is 4.11. The Labute approximate surface area is 438 Å². The molecule has 3 aliphatic rings. The molecular formula is C59H55N7O10. The average molecular weight is 1020 g/mol. The van der Waals surface area contributed by atoms with Gasteiger partial charge in [0.2, 0.25) is 11.8 Å². The maximum absolute atomic E-state index is 16.8. The van der Waals surface area contributed by atoms with Crippen LogP contribution in [0.2, 0.25) is 0 Å². The number of aromatic nitrogens is 3. The number of anilines is 1. The van der Waals surface area contributed by atoms with Crippen LogP contribution in [0.5, 0.6) is 5.75 Å². The number of hydrogen-bond donors (Lipinski definition) is 4. The number of hydrogen-bond acceptors (Lipinski definition) is 13. The fourth-order valence-electron chi connectivity index (χ4n) is 11.1. The maximum atomic E-state index is 16.8. The summed E-state index contributed by atoms with van der Waals surface area (Å²) in [7, 11) is 1.20. The van der Waals surface area contributed by atoms with Gasteiger partial charge in [0.25, 0.3) is 0 Å². The number of aliphatic hydroxyl groups excluding tert-OH is 2. The number of imide groups is 1. The van der Waals surface area contributed by atoms with Crippen LogP contribution in [0.1, 0.15) is 71.5 Å². The van der Waals surface area contributed by atoms with Gasteiger partial charge in [-0.05, 0) is 76.2 Å². The number of morpholine rings is 1. The Balaban J connectivity index is 1.24. The highest BCUT2D eigenvalue weighted by molar-refractivity contribution is 6.25. The monoisotopic (exact) mass is 1020 g/mol. The minimum atomic E-state index is -2.22. The van der Waals surface area contributed by atoms with Crippen LogP contribution in [0.15, 0.2) is 158 Å². The van der Waals surface area contributed by atoms with Gasteiger partial charge in [0.15, 0.2) is 0 Å². The Bertz CT molecular complexity index is 3360. The van der Waals surface area contributed by atoms with Gasteiger partial charge < -0.3 is 35.1 Å². The summed E-state index contributed by atoms with van der Waals surface area (Å²) in [6, 6.07) is 40.5. The number of nitrogens with one attached hydrogen (secondary N) is 2. The van der Waals surface area contributed by atoms with E-state index in [1.54, 1.807) is 91.3 Å². The quantitative estimate of drug-likeness (QED) is 0.0699. The predicted octanol–water partition coefficient (Wildman–Crippen LogP) is 6.28. The first-order valence-electron chi connectivity index (χ1n) is 25.0. The number of methoxy groups -OCH3 is 1. The van der Waals surface area contributed by atoms with Crippen molar-refractivity contribution in [2.75, 3.05) is 31.8 Å². The van der Waals surface area contributed by atoms with Gasteiger partial charge in [-0.1, -0.05) is 146 Å². The highest BCUT2D eigenvalue weighted by Gasteiger charge is 2.75. The van der Waals surface area contributed by atoms with Crippen molar-refractivity contribution >= 4 is 46.5 Å². The SMILES string of the molecule is COC(=O)[C@@H](NC(=O)N1C(=O)[C@@]2(c3cc(C#CCn4nnc5ccccc54)ccc31)[C@H](C(=O)NC[C@H](O)c1ccccc1)[C@H]1C(=O)O[C@H](c3ccccc3)[C@H](c3ccccc3)N1[C@@H]2c1cccc(OCCO)c1)C(C)C. The number of cyclic esters (lactones) is 1. The van der Waals surface area contributed by atoms with E-state index in [0.717, 1.165) is 10.4 Å². The van der Waals surface area contributed by atoms with E-state index < -0.39 is 83.4 Å². The summed E-state index contributed by atoms with van der Waals surface area (Å²) in [5.74, 6) is 1.26. The zero-order valence-corrected chi connectivity index (χ0v) is 41.9. The molecule has 0 unspecified atom stereocenters. The highest BCUT2D eigenvalue weighted by atomic mass is 16.6. The fraction of sp³-hybridized carbons (Fsp3) is 0.271. The van der Waals surface area contributed by atoms with Crippen LogP contribution < -0.4 is 20.3 Å². The topological polar surface area (TPSA) is 215 Å². The lowest BCUT2D eigenvalue weighted by atomic mass is 9.65. The number of carbonyl (C=O) groups is 5. The number of para-hydroxylation sites is 1. The van der Waals surface area contributed by atoms with Crippen molar-refractivity contribution in [2.24, 2.45) is 11.8 Å². The molecule has 2 fully saturated rings. The van der Waals surface area contributed by atoms with Gasteiger partial charge >= 0.3 is 18.0 Å². The van der Waals surface area contributed by atoms with Gasteiger partial charge in [-0.25, -0.2) is 19.2 Å². The van der Waals surface area contributed by atoms with E-state index in [4.69, 9.17) is 14.2 Å². The predicted molar refractivity (Wildman–Crippen MR) is 279 cm³/mol. The lowest BCUT2D eigenvalue weighted by molar-refractivity contribution is -0.178. The Morgan fingerprint density at radius 1 is 0.816 bits per heavy atom. The molecule has 17 heteroatoms. The number of ether oxygens (including phenoxy) is 3. The number of nitrogens with zero attached hydrogens (tertiary/aromatic N) is 5. The number of fused-ring (bicyclic) bond motifs is 4. The first kappa shape index (κ1) is 50.8. The van der Waals surface area contributed by atoms with Gasteiger partial charge in [-0.3, -0.25) is 19.3 Å². The normalized spacial score (nSPS) is 21.5. The minimum Gasteiger partial charge on any atom is -0.491 e. The third-order valence-electron chi connectivity index (χ3n) is 14.4. The van der Waals surface area contributed by atoms with Gasteiger partial charge in [0, 0.05) is 12.1 Å². The summed E-state index contributed by atoms with van der Waals surface area (Å²) in [6.07, 6.45) is -2.22. The second-order valence-corrected chi connectivity index (χ2v) is 19.2. The van der Waals surface area contributed by atoms with Gasteiger partial charge in [0.05, 0.1) is 49.0 Å². The van der Waals surface area contributed by atoms with Crippen molar-refractivity contribution in [2.45, 2.75) is 62.2 Å². The first-order chi connectivity index (χ1) is 37.0. The number of carbonyl (C=O) groups excluding carboxylic acids is 5. The molecule has 7 aromatic rings. The third kappa shape index (κ3) is 9.20. The van der Waals surface area contributed by atoms with Crippen LogP contribution in [-0.4, -0.2) is 98.8 Å². The van der Waals surface area contributed by atoms with E-state index in [0.29, 0.717) is 39.1 Å². The van der Waals surface area contributed by atoms with E-state index in [2.05, 4.69) is 32.8 Å². The molecule has 1 spiro atoms. The summed E-state index contributed by atoms with van der Waals surface area (Å²) < 4.78 is 19.4. The second-order valence-electron chi connectivity index (χ2n) is 19.2. The Morgan fingerprint density at radius 2 is 1.50 bits per heavy atom. The Morgan fingerprint density at radius 3 is 2.21 bits per heavy atom. The molecule has 1 aromatic heterocycles. The van der Waals surface area contributed by atoms with Gasteiger partial charge in [0.1, 0.15) is 48.0 Å². The summed E-state index contributed by atoms with van der Waals surface area (Å²) in [5, 5.41) is 35.7. The zero-order valence-electron chi connectivity index (χ0n) is 41.9. The lowest BCUT2D eigenvalue weighted by Crippen LogP contribution is -2.58. The molecule has 0 radical (unpaired) electrons. The summed E-state index contributed by atoms with van der Waals surface area (Å²) in [5.41, 5.74) is 2.08. The van der Waals surface area contributed by atoms with Crippen molar-refractivity contribution in [3.63, 3.8) is 0 Å². The third-order valence-corrected chi connectivity index (χ3v) is 14.4. The fourth-order valence-corrected chi connectivity index (χ4v) is 11.1. The molecule has 10 rings (SSSR count). The summed E-state index contributed by atoms with van der Waals surface area (Å²) >= 11 is 0. The van der Waals surface area contributed by atoms with Crippen molar-refractivity contribution in [1.82, 2.24) is 30.5 Å². The van der Waals surface area contributed by atoms with Crippen molar-refractivity contribution in [1.29, 1.82) is 0 Å². The molecule has 386 valence electrons. The standard InChI is InChI=1S/C59H55N7O10/c1-36(2)49(55(70)74-3)61-58(73)65-45-29-28-37(17-16-30-64-46-27-14-13-26-44(46)62-63-64)33-43(45)59(57(65)72)48(54(69)60-35-47(68)38-18-7-4-8-19-38)51-56(71)76-52(40-22-11-6-12-23-40)50(39-20-9-5-10-21-39)66(51)53(59)41-24-15-25-42(34-41)75-32-31-67/h4-15,18-29,33-34,36,47-53,67-68H,30-32,35H2,1-3H3,(H,60,69)(H,61,73)/t47-,48-,49-,50-,51-,52+,53+,59-/m0/s1. The minimum absolute atomic E-state index is 0.0617. The smallest absolute Gasteiger partial charge is 0.329 e. The van der Waals surface area contributed by atoms with Gasteiger partial charge in [-0.15, -0.1) is 5.10 Å². The molecular weight excluding hydrogens is 967 g/mol. The number of benzene rings is 6. The van der Waals surface area contributed by atoms with Crippen molar-refractivity contribution in [3.05, 3.63) is 191 Å². The van der Waals surface area contributed by atoms with Crippen LogP contribution in [0.3, 0.4) is 0 Å². The van der Waals surface area contributed by atoms with Gasteiger partial charge in [-0.2, -0.15) is 0 Å². The molecule has 4 N–H and O–H groups in total. The van der Waals surface area contributed by atoms with Crippen LogP contribution in [0.4, 0.5) is 10.5 Å². The number of amides is 4. The Kier molecular flexibility index (Phi) is 14.5. The number of esters is 2. The Hall–Kier alpha value is -8.69. The number of aliphatic hydroxyl groups is 2. The second kappa shape index (κ2) is 21.6. The summed E-state index contributed by atoms with van der Waals surface area (Å²) in [4.78, 5) is 79.7. The molecule has 0 bridgehead atoms. The lowest BCUT2D eigenvalue weighted by Gasteiger charge is -2.46. The largest absolute Gasteiger partial charge is 0.491 e. The molecule has 3 aliphatic heterocycles. The molecule has 8 atom stereocenters. The number of rotatable bonds is 14. The molecule has 0 aliphatic carbocycles. The number of urea groups is 1. The van der Waals surface area contributed by atoms with E-state index in [1.165, 1.54) is 7.11 Å². The van der Waals surface area contributed by atoms with Crippen molar-refractivity contribution in [3.8, 4) is 17.6 Å². The van der Waals surface area contributed by atoms with Crippen LogP contribution in [0, 0.1) is 23.7 Å².